The summed E-state index contributed by atoms with van der Waals surface area (Å²) in [5, 5.41) is 8.86. The van der Waals surface area contributed by atoms with E-state index in [0.717, 1.165) is 105 Å². The molecule has 0 aliphatic rings. The van der Waals surface area contributed by atoms with Crippen LogP contribution in [-0.4, -0.2) is 0 Å². The standard InChI is InChI=1S/C70H56N2O2/c1-43-18-14-16-24-60(43)71(62-38-51(28-26-45(62)3)47-20-10-8-11-21-47)55-32-30-49-36-57-58-42-66-67(68(70(5,6)7)69(58)74-64(57)40-53(49)34-55)59-37-50-31-33-56(35-54(50)41-65(59)73-66)72(61-25-17-15-19-44(61)2)63-39-52(29-27-46(63)4)48-22-12-9-13-23-48/h8-42H,1-7H3. The number of para-hydroxylation sites is 2. The van der Waals surface area contributed by atoms with Gasteiger partial charge in [-0.3, -0.25) is 0 Å². The van der Waals surface area contributed by atoms with Crippen molar-refractivity contribution in [3.63, 3.8) is 0 Å². The first kappa shape index (κ1) is 45.0. The highest BCUT2D eigenvalue weighted by Crippen LogP contribution is 2.48. The Balaban J connectivity index is 0.947. The smallest absolute Gasteiger partial charge is 0.140 e. The summed E-state index contributed by atoms with van der Waals surface area (Å²) in [7, 11) is 0. The van der Waals surface area contributed by atoms with Crippen molar-refractivity contribution in [1.82, 2.24) is 0 Å². The number of furan rings is 2. The Hall–Kier alpha value is -8.86. The van der Waals surface area contributed by atoms with E-state index in [1.54, 1.807) is 0 Å². The molecule has 4 nitrogen and oxygen atoms in total. The maximum atomic E-state index is 7.13. The SMILES string of the molecule is Cc1ccccc1N(c1ccc2cc3c(cc2c1)oc1c(C(C)(C)C)c2c(cc13)oc1cc3cc(N(c4ccccc4C)c4cc(-c5ccccc5)ccc4C)ccc3cc12)c1cc(-c2ccccc2)ccc1C. The number of hydrogen-bond acceptors (Lipinski definition) is 4. The van der Waals surface area contributed by atoms with Gasteiger partial charge in [0.15, 0.2) is 0 Å². The van der Waals surface area contributed by atoms with Crippen LogP contribution in [0.2, 0.25) is 0 Å². The van der Waals surface area contributed by atoms with Crippen LogP contribution in [0, 0.1) is 27.7 Å². The maximum Gasteiger partial charge on any atom is 0.140 e. The molecule has 0 aliphatic heterocycles. The van der Waals surface area contributed by atoms with Crippen molar-refractivity contribution in [3.05, 3.63) is 240 Å². The van der Waals surface area contributed by atoms with Crippen LogP contribution in [0.15, 0.2) is 221 Å². The first-order valence-corrected chi connectivity index (χ1v) is 25.7. The summed E-state index contributed by atoms with van der Waals surface area (Å²) in [6, 6.07) is 77.1. The highest BCUT2D eigenvalue weighted by molar-refractivity contribution is 6.20. The molecule has 0 bridgehead atoms. The monoisotopic (exact) mass is 956 g/mol. The minimum absolute atomic E-state index is 0.270. The molecule has 11 aromatic carbocycles. The van der Waals surface area contributed by atoms with E-state index in [-0.39, 0.29) is 5.41 Å². The Bertz CT molecular complexity index is 4190. The van der Waals surface area contributed by atoms with Gasteiger partial charge in [-0.15, -0.1) is 0 Å². The predicted molar refractivity (Wildman–Crippen MR) is 314 cm³/mol. The molecule has 4 heteroatoms. The molecule has 0 spiro atoms. The number of nitrogens with zero attached hydrogens (tertiary/aromatic N) is 2. The number of benzene rings is 11. The Morgan fingerprint density at radius 3 is 1.28 bits per heavy atom. The van der Waals surface area contributed by atoms with Crippen molar-refractivity contribution < 1.29 is 8.83 Å². The van der Waals surface area contributed by atoms with E-state index in [1.807, 2.05) is 0 Å². The molecular formula is C70H56N2O2. The van der Waals surface area contributed by atoms with Gasteiger partial charge < -0.3 is 18.6 Å². The number of anilines is 6. The van der Waals surface area contributed by atoms with Crippen LogP contribution in [0.5, 0.6) is 0 Å². The van der Waals surface area contributed by atoms with Gasteiger partial charge in [-0.05, 0) is 178 Å². The summed E-state index contributed by atoms with van der Waals surface area (Å²) < 4.78 is 14.1. The van der Waals surface area contributed by atoms with E-state index in [2.05, 4.69) is 271 Å². The van der Waals surface area contributed by atoms with E-state index < -0.39 is 0 Å². The largest absolute Gasteiger partial charge is 0.456 e. The molecule has 0 saturated heterocycles. The third-order valence-corrected chi connectivity index (χ3v) is 15.2. The molecule has 0 radical (unpaired) electrons. The topological polar surface area (TPSA) is 32.8 Å². The number of aryl methyl sites for hydroxylation is 4. The second kappa shape index (κ2) is 17.4. The minimum Gasteiger partial charge on any atom is -0.456 e. The van der Waals surface area contributed by atoms with Gasteiger partial charge in [0.25, 0.3) is 0 Å². The van der Waals surface area contributed by atoms with Crippen molar-refractivity contribution >= 4 is 99.5 Å². The molecule has 2 aromatic heterocycles. The van der Waals surface area contributed by atoms with Crippen molar-refractivity contribution in [2.75, 3.05) is 9.80 Å². The van der Waals surface area contributed by atoms with Gasteiger partial charge in [-0.25, -0.2) is 0 Å². The molecule has 0 aliphatic carbocycles. The summed E-state index contributed by atoms with van der Waals surface area (Å²) in [5.41, 5.74) is 20.7. The minimum atomic E-state index is -0.270. The molecule has 0 fully saturated rings. The van der Waals surface area contributed by atoms with Crippen molar-refractivity contribution in [2.24, 2.45) is 0 Å². The third kappa shape index (κ3) is 7.60. The van der Waals surface area contributed by atoms with Crippen LogP contribution in [0.1, 0.15) is 48.6 Å². The van der Waals surface area contributed by atoms with Crippen LogP contribution >= 0.6 is 0 Å². The molecule has 0 amide bonds. The second-order valence-electron chi connectivity index (χ2n) is 21.2. The lowest BCUT2D eigenvalue weighted by Gasteiger charge is -2.29. The Morgan fingerprint density at radius 2 is 0.784 bits per heavy atom. The lowest BCUT2D eigenvalue weighted by atomic mass is 9.82. The van der Waals surface area contributed by atoms with E-state index in [1.165, 1.54) is 44.5 Å². The lowest BCUT2D eigenvalue weighted by Crippen LogP contribution is -2.12. The summed E-state index contributed by atoms with van der Waals surface area (Å²) in [6.45, 7) is 15.6. The van der Waals surface area contributed by atoms with Gasteiger partial charge in [0.05, 0.1) is 0 Å². The molecule has 13 rings (SSSR count). The van der Waals surface area contributed by atoms with E-state index in [0.29, 0.717) is 0 Å². The van der Waals surface area contributed by atoms with Gasteiger partial charge in [0.2, 0.25) is 0 Å². The van der Waals surface area contributed by atoms with E-state index in [9.17, 15) is 0 Å². The average Bonchev–Trinajstić information content (AvgIpc) is 3.94. The first-order chi connectivity index (χ1) is 35.9. The Morgan fingerprint density at radius 1 is 0.324 bits per heavy atom. The van der Waals surface area contributed by atoms with Gasteiger partial charge in [0, 0.05) is 61.2 Å². The zero-order chi connectivity index (χ0) is 50.4. The van der Waals surface area contributed by atoms with Crippen molar-refractivity contribution in [3.8, 4) is 22.3 Å². The molecule has 74 heavy (non-hydrogen) atoms. The number of rotatable bonds is 8. The summed E-state index contributed by atoms with van der Waals surface area (Å²) >= 11 is 0. The summed E-state index contributed by atoms with van der Waals surface area (Å²) in [5.74, 6) is 0. The third-order valence-electron chi connectivity index (χ3n) is 15.2. The molecule has 0 unspecified atom stereocenters. The molecule has 0 saturated carbocycles. The highest BCUT2D eigenvalue weighted by atomic mass is 16.3. The van der Waals surface area contributed by atoms with Crippen LogP contribution < -0.4 is 9.80 Å². The van der Waals surface area contributed by atoms with Crippen molar-refractivity contribution in [2.45, 2.75) is 53.9 Å². The van der Waals surface area contributed by atoms with Crippen LogP contribution in [0.25, 0.3) is 87.7 Å². The van der Waals surface area contributed by atoms with Gasteiger partial charge >= 0.3 is 0 Å². The normalized spacial score (nSPS) is 12.0. The first-order valence-electron chi connectivity index (χ1n) is 25.7. The quantitative estimate of drug-likeness (QED) is 0.152. The molecule has 0 N–H and O–H groups in total. The fourth-order valence-corrected chi connectivity index (χ4v) is 11.4. The van der Waals surface area contributed by atoms with Crippen molar-refractivity contribution in [1.29, 1.82) is 0 Å². The van der Waals surface area contributed by atoms with E-state index in [4.69, 9.17) is 8.83 Å². The van der Waals surface area contributed by atoms with E-state index >= 15 is 0 Å². The molecular weight excluding hydrogens is 901 g/mol. The summed E-state index contributed by atoms with van der Waals surface area (Å²) in [6.07, 6.45) is 0. The predicted octanol–water partition coefficient (Wildman–Crippen LogP) is 20.6. The zero-order valence-corrected chi connectivity index (χ0v) is 42.9. The highest BCUT2D eigenvalue weighted by Gasteiger charge is 2.29. The summed E-state index contributed by atoms with van der Waals surface area (Å²) in [4.78, 5) is 4.82. The van der Waals surface area contributed by atoms with Crippen LogP contribution in [0.4, 0.5) is 34.1 Å². The fraction of sp³-hybridized carbons (Fsp3) is 0.114. The Kier molecular flexibility index (Phi) is 10.6. The lowest BCUT2D eigenvalue weighted by molar-refractivity contribution is 0.577. The van der Waals surface area contributed by atoms with Crippen LogP contribution in [0.3, 0.4) is 0 Å². The van der Waals surface area contributed by atoms with Crippen LogP contribution in [-0.2, 0) is 5.41 Å². The molecule has 2 heterocycles. The maximum absolute atomic E-state index is 7.13. The molecule has 358 valence electrons. The second-order valence-corrected chi connectivity index (χ2v) is 21.2. The van der Waals surface area contributed by atoms with Gasteiger partial charge in [-0.2, -0.15) is 0 Å². The Labute approximate surface area is 432 Å². The molecule has 13 aromatic rings. The average molecular weight is 957 g/mol. The number of fused-ring (bicyclic) bond motifs is 8. The zero-order valence-electron chi connectivity index (χ0n) is 42.9. The molecule has 0 atom stereocenters. The van der Waals surface area contributed by atoms with Gasteiger partial charge in [-0.1, -0.05) is 154 Å². The fourth-order valence-electron chi connectivity index (χ4n) is 11.4. The number of hydrogen-bond donors (Lipinski definition) is 0. The van der Waals surface area contributed by atoms with Gasteiger partial charge in [0.1, 0.15) is 22.3 Å².